The summed E-state index contributed by atoms with van der Waals surface area (Å²) < 4.78 is 6.03. The lowest BCUT2D eigenvalue weighted by Gasteiger charge is -2.16. The van der Waals surface area contributed by atoms with Crippen molar-refractivity contribution in [1.29, 1.82) is 0 Å². The molecule has 1 saturated carbocycles. The number of nitrogens with one attached hydrogen (secondary N) is 1. The molecule has 1 aromatic heterocycles. The van der Waals surface area contributed by atoms with Crippen molar-refractivity contribution in [1.82, 2.24) is 10.3 Å². The smallest absolute Gasteiger partial charge is 0.218 e. The van der Waals surface area contributed by atoms with E-state index in [1.807, 2.05) is 24.3 Å². The topological polar surface area (TPSA) is 34.1 Å². The Morgan fingerprint density at radius 1 is 1.20 bits per heavy atom. The lowest BCUT2D eigenvalue weighted by Crippen LogP contribution is -2.17. The Kier molecular flexibility index (Phi) is 3.97. The van der Waals surface area contributed by atoms with Gasteiger partial charge in [0.15, 0.2) is 0 Å². The monoisotopic (exact) mass is 268 g/mol. The average Bonchev–Trinajstić information content (AvgIpc) is 3.31. The highest BCUT2D eigenvalue weighted by atomic mass is 16.5. The average molecular weight is 268 g/mol. The number of rotatable bonds is 6. The summed E-state index contributed by atoms with van der Waals surface area (Å²) in [5.41, 5.74) is 2.29. The van der Waals surface area contributed by atoms with Gasteiger partial charge in [-0.2, -0.15) is 0 Å². The molecule has 1 aliphatic carbocycles. The minimum Gasteiger partial charge on any atom is -0.470 e. The van der Waals surface area contributed by atoms with Gasteiger partial charge in [-0.25, -0.2) is 4.98 Å². The fourth-order valence-electron chi connectivity index (χ4n) is 2.17. The Morgan fingerprint density at radius 2 is 2.00 bits per heavy atom. The zero-order chi connectivity index (χ0) is 13.8. The molecule has 0 radical (unpaired) electrons. The maximum Gasteiger partial charge on any atom is 0.218 e. The molecule has 1 N–H and O–H groups in total. The van der Waals surface area contributed by atoms with Gasteiger partial charge in [-0.05, 0) is 31.4 Å². The van der Waals surface area contributed by atoms with E-state index < -0.39 is 0 Å². The van der Waals surface area contributed by atoms with E-state index in [1.54, 1.807) is 6.20 Å². The Morgan fingerprint density at radius 3 is 2.75 bits per heavy atom. The first-order valence-corrected chi connectivity index (χ1v) is 7.22. The van der Waals surface area contributed by atoms with Crippen LogP contribution < -0.4 is 10.1 Å². The number of hydrogen-bond acceptors (Lipinski definition) is 3. The Labute approximate surface area is 120 Å². The molecule has 0 spiro atoms. The van der Waals surface area contributed by atoms with E-state index in [-0.39, 0.29) is 6.10 Å². The number of nitrogens with zero attached hydrogens (tertiary/aromatic N) is 1. The molecule has 0 saturated heterocycles. The lowest BCUT2D eigenvalue weighted by molar-refractivity contribution is 0.214. The fraction of sp³-hybridized carbons (Fsp3) is 0.353. The summed E-state index contributed by atoms with van der Waals surface area (Å²) in [5.74, 6) is 0.733. The van der Waals surface area contributed by atoms with Crippen molar-refractivity contribution >= 4 is 0 Å². The molecule has 3 heteroatoms. The Hall–Kier alpha value is -1.87. The van der Waals surface area contributed by atoms with Gasteiger partial charge in [0.05, 0.1) is 0 Å². The third-order valence-electron chi connectivity index (χ3n) is 3.57. The minimum absolute atomic E-state index is 0.00535. The van der Waals surface area contributed by atoms with Crippen molar-refractivity contribution in [2.24, 2.45) is 0 Å². The van der Waals surface area contributed by atoms with Crippen LogP contribution in [0.25, 0.3) is 0 Å². The van der Waals surface area contributed by atoms with E-state index in [1.165, 1.54) is 18.4 Å². The molecule has 3 nitrogen and oxygen atoms in total. The fourth-order valence-corrected chi connectivity index (χ4v) is 2.17. The molecule has 1 aromatic carbocycles. The van der Waals surface area contributed by atoms with Crippen LogP contribution in [0.15, 0.2) is 48.7 Å². The van der Waals surface area contributed by atoms with Gasteiger partial charge in [0.2, 0.25) is 5.88 Å². The van der Waals surface area contributed by atoms with Crippen molar-refractivity contribution in [3.63, 3.8) is 0 Å². The number of hydrogen-bond donors (Lipinski definition) is 1. The van der Waals surface area contributed by atoms with Crippen LogP contribution in [0.4, 0.5) is 0 Å². The molecule has 1 unspecified atom stereocenters. The van der Waals surface area contributed by atoms with Gasteiger partial charge in [0.1, 0.15) is 6.10 Å². The van der Waals surface area contributed by atoms with Gasteiger partial charge in [0, 0.05) is 24.3 Å². The standard InChI is InChI=1S/C17H20N2O/c1-13(14-6-3-2-4-7-14)20-17-15(8-5-11-18-17)12-19-16-9-10-16/h2-8,11,13,16,19H,9-10,12H2,1H3. The van der Waals surface area contributed by atoms with Crippen LogP contribution in [0, 0.1) is 0 Å². The Balaban J connectivity index is 1.69. The summed E-state index contributed by atoms with van der Waals surface area (Å²) in [5, 5.41) is 3.51. The van der Waals surface area contributed by atoms with Crippen molar-refractivity contribution in [2.45, 2.75) is 38.5 Å². The number of ether oxygens (including phenoxy) is 1. The molecule has 2 aromatic rings. The summed E-state index contributed by atoms with van der Waals surface area (Å²) in [4.78, 5) is 4.38. The molecule has 3 rings (SSSR count). The van der Waals surface area contributed by atoms with Crippen LogP contribution in [0.3, 0.4) is 0 Å². The first kappa shape index (κ1) is 13.1. The van der Waals surface area contributed by atoms with Crippen LogP contribution in [-0.4, -0.2) is 11.0 Å². The van der Waals surface area contributed by atoms with Gasteiger partial charge in [-0.3, -0.25) is 0 Å². The second-order valence-corrected chi connectivity index (χ2v) is 5.29. The van der Waals surface area contributed by atoms with Crippen molar-refractivity contribution < 1.29 is 4.74 Å². The van der Waals surface area contributed by atoms with Crippen LogP contribution in [0.1, 0.15) is 37.0 Å². The van der Waals surface area contributed by atoms with Crippen molar-refractivity contribution in [3.05, 3.63) is 59.8 Å². The summed E-state index contributed by atoms with van der Waals surface area (Å²) in [6.07, 6.45) is 4.37. The van der Waals surface area contributed by atoms with E-state index in [4.69, 9.17) is 4.74 Å². The molecule has 1 heterocycles. The molecule has 0 aliphatic heterocycles. The summed E-state index contributed by atoms with van der Waals surface area (Å²) in [6, 6.07) is 15.0. The van der Waals surface area contributed by atoms with Crippen molar-refractivity contribution in [3.8, 4) is 5.88 Å². The molecular weight excluding hydrogens is 248 g/mol. The molecule has 1 aliphatic rings. The summed E-state index contributed by atoms with van der Waals surface area (Å²) in [7, 11) is 0. The molecule has 20 heavy (non-hydrogen) atoms. The van der Waals surface area contributed by atoms with Crippen LogP contribution in [0.2, 0.25) is 0 Å². The number of pyridine rings is 1. The van der Waals surface area contributed by atoms with E-state index in [9.17, 15) is 0 Å². The number of aromatic nitrogens is 1. The zero-order valence-corrected chi connectivity index (χ0v) is 11.8. The lowest BCUT2D eigenvalue weighted by atomic mass is 10.1. The molecular formula is C17H20N2O. The predicted octanol–water partition coefficient (Wildman–Crippen LogP) is 3.47. The predicted molar refractivity (Wildman–Crippen MR) is 79.6 cm³/mol. The SMILES string of the molecule is CC(Oc1ncccc1CNC1CC1)c1ccccc1. The third-order valence-corrected chi connectivity index (χ3v) is 3.57. The quantitative estimate of drug-likeness (QED) is 0.871. The van der Waals surface area contributed by atoms with E-state index in [0.717, 1.165) is 18.0 Å². The maximum atomic E-state index is 6.03. The molecule has 104 valence electrons. The molecule has 1 fully saturated rings. The molecule has 0 amide bonds. The second-order valence-electron chi connectivity index (χ2n) is 5.29. The number of benzene rings is 1. The van der Waals surface area contributed by atoms with Gasteiger partial charge < -0.3 is 10.1 Å². The van der Waals surface area contributed by atoms with Crippen LogP contribution >= 0.6 is 0 Å². The van der Waals surface area contributed by atoms with Crippen molar-refractivity contribution in [2.75, 3.05) is 0 Å². The summed E-state index contributed by atoms with van der Waals surface area (Å²) >= 11 is 0. The second kappa shape index (κ2) is 6.06. The van der Waals surface area contributed by atoms with Gasteiger partial charge in [0.25, 0.3) is 0 Å². The molecule has 1 atom stereocenters. The largest absolute Gasteiger partial charge is 0.470 e. The highest BCUT2D eigenvalue weighted by Crippen LogP contribution is 2.24. The zero-order valence-electron chi connectivity index (χ0n) is 11.8. The first-order chi connectivity index (χ1) is 9.83. The third kappa shape index (κ3) is 3.36. The minimum atomic E-state index is 0.00535. The van der Waals surface area contributed by atoms with E-state index in [2.05, 4.69) is 35.4 Å². The van der Waals surface area contributed by atoms with Crippen LogP contribution in [-0.2, 0) is 6.54 Å². The van der Waals surface area contributed by atoms with Gasteiger partial charge in [-0.15, -0.1) is 0 Å². The van der Waals surface area contributed by atoms with E-state index in [0.29, 0.717) is 6.04 Å². The van der Waals surface area contributed by atoms with Crippen LogP contribution in [0.5, 0.6) is 5.88 Å². The maximum absolute atomic E-state index is 6.03. The normalized spacial score (nSPS) is 15.8. The highest BCUT2D eigenvalue weighted by Gasteiger charge is 2.21. The highest BCUT2D eigenvalue weighted by molar-refractivity contribution is 5.27. The first-order valence-electron chi connectivity index (χ1n) is 7.22. The van der Waals surface area contributed by atoms with Gasteiger partial charge in [-0.1, -0.05) is 36.4 Å². The molecule has 0 bridgehead atoms. The summed E-state index contributed by atoms with van der Waals surface area (Å²) in [6.45, 7) is 2.89. The Bertz CT molecular complexity index is 552. The van der Waals surface area contributed by atoms with E-state index >= 15 is 0 Å². The van der Waals surface area contributed by atoms with Gasteiger partial charge >= 0.3 is 0 Å².